The molecule has 7 heteroatoms. The summed E-state index contributed by atoms with van der Waals surface area (Å²) >= 11 is 1.61. The van der Waals surface area contributed by atoms with Gasteiger partial charge in [-0.15, -0.1) is 11.3 Å². The van der Waals surface area contributed by atoms with Gasteiger partial charge in [0.1, 0.15) is 0 Å². The zero-order valence-electron chi connectivity index (χ0n) is 8.56. The van der Waals surface area contributed by atoms with Crippen LogP contribution in [0.5, 0.6) is 0 Å². The number of hydrogen-bond acceptors (Lipinski definition) is 5. The average Bonchev–Trinajstić information content (AvgIpc) is 2.49. The number of rotatable bonds is 6. The van der Waals surface area contributed by atoms with Crippen molar-refractivity contribution in [3.05, 3.63) is 16.1 Å². The van der Waals surface area contributed by atoms with E-state index in [1.807, 2.05) is 12.3 Å². The van der Waals surface area contributed by atoms with Crippen molar-refractivity contribution in [1.29, 1.82) is 0 Å². The first-order chi connectivity index (χ1) is 6.97. The highest BCUT2D eigenvalue weighted by Gasteiger charge is 2.01. The zero-order chi connectivity index (χ0) is 11.3. The number of sulfonamides is 1. The van der Waals surface area contributed by atoms with Crippen LogP contribution in [0.3, 0.4) is 0 Å². The molecule has 0 unspecified atom stereocenters. The molecule has 3 N–H and O–H groups in total. The molecule has 5 nitrogen and oxygen atoms in total. The Morgan fingerprint density at radius 2 is 2.33 bits per heavy atom. The largest absolute Gasteiger partial charge is 0.311 e. The fourth-order valence-electron chi connectivity index (χ4n) is 1.10. The Bertz CT molecular complexity index is 400. The quantitative estimate of drug-likeness (QED) is 0.706. The van der Waals surface area contributed by atoms with Crippen LogP contribution in [0, 0.1) is 6.92 Å². The summed E-state index contributed by atoms with van der Waals surface area (Å²) in [6.07, 6.45) is 0.530. The summed E-state index contributed by atoms with van der Waals surface area (Å²) in [6.45, 7) is 3.26. The summed E-state index contributed by atoms with van der Waals surface area (Å²) < 4.78 is 21.2. The van der Waals surface area contributed by atoms with Crippen LogP contribution in [0.4, 0.5) is 0 Å². The van der Waals surface area contributed by atoms with Crippen LogP contribution in [0.2, 0.25) is 0 Å². The second kappa shape index (κ2) is 5.55. The lowest BCUT2D eigenvalue weighted by Gasteiger charge is -2.01. The van der Waals surface area contributed by atoms with Gasteiger partial charge in [-0.05, 0) is 19.9 Å². The predicted molar refractivity (Wildman–Crippen MR) is 61.1 cm³/mol. The molecular weight excluding hydrogens is 234 g/mol. The molecular formula is C8H15N3O2S2. The summed E-state index contributed by atoms with van der Waals surface area (Å²) in [5, 5.41) is 11.0. The van der Waals surface area contributed by atoms with Crippen molar-refractivity contribution < 1.29 is 8.42 Å². The molecule has 0 amide bonds. The van der Waals surface area contributed by atoms with E-state index in [4.69, 9.17) is 5.14 Å². The summed E-state index contributed by atoms with van der Waals surface area (Å²) in [7, 11) is -3.32. The van der Waals surface area contributed by atoms with E-state index in [-0.39, 0.29) is 5.75 Å². The number of hydrogen-bond donors (Lipinski definition) is 2. The van der Waals surface area contributed by atoms with E-state index in [9.17, 15) is 8.42 Å². The molecule has 0 bridgehead atoms. The van der Waals surface area contributed by atoms with Gasteiger partial charge in [-0.2, -0.15) is 0 Å². The summed E-state index contributed by atoms with van der Waals surface area (Å²) in [6, 6.07) is 0. The van der Waals surface area contributed by atoms with Crippen molar-refractivity contribution >= 4 is 21.4 Å². The number of aryl methyl sites for hydroxylation is 1. The molecule has 1 heterocycles. The van der Waals surface area contributed by atoms with Crippen molar-refractivity contribution in [2.75, 3.05) is 12.3 Å². The molecule has 1 rings (SSSR count). The maximum Gasteiger partial charge on any atom is 0.209 e. The van der Waals surface area contributed by atoms with Gasteiger partial charge in [-0.1, -0.05) is 0 Å². The van der Waals surface area contributed by atoms with E-state index in [1.165, 1.54) is 0 Å². The minimum absolute atomic E-state index is 0.0239. The average molecular weight is 249 g/mol. The van der Waals surface area contributed by atoms with E-state index in [1.54, 1.807) is 11.3 Å². The SMILES string of the molecule is Cc1nc(CNCCCS(N)(=O)=O)cs1. The highest BCUT2D eigenvalue weighted by molar-refractivity contribution is 7.89. The van der Waals surface area contributed by atoms with Gasteiger partial charge >= 0.3 is 0 Å². The van der Waals surface area contributed by atoms with Gasteiger partial charge in [0.05, 0.1) is 16.5 Å². The van der Waals surface area contributed by atoms with E-state index in [0.717, 1.165) is 10.7 Å². The fourth-order valence-corrected chi connectivity index (χ4v) is 2.26. The summed E-state index contributed by atoms with van der Waals surface area (Å²) in [4.78, 5) is 4.27. The molecule has 86 valence electrons. The van der Waals surface area contributed by atoms with Crippen LogP contribution in [0.25, 0.3) is 0 Å². The Morgan fingerprint density at radius 3 is 2.87 bits per heavy atom. The fraction of sp³-hybridized carbons (Fsp3) is 0.625. The summed E-state index contributed by atoms with van der Waals surface area (Å²) in [5.41, 5.74) is 0.994. The first kappa shape index (κ1) is 12.6. The molecule has 0 spiro atoms. The lowest BCUT2D eigenvalue weighted by atomic mass is 10.4. The van der Waals surface area contributed by atoms with E-state index < -0.39 is 10.0 Å². The molecule has 0 aliphatic heterocycles. The van der Waals surface area contributed by atoms with E-state index >= 15 is 0 Å². The molecule has 0 fully saturated rings. The minimum Gasteiger partial charge on any atom is -0.311 e. The number of thiazole rings is 1. The van der Waals surface area contributed by atoms with Gasteiger partial charge in [-0.25, -0.2) is 18.5 Å². The maximum absolute atomic E-state index is 10.6. The molecule has 0 atom stereocenters. The molecule has 1 aromatic heterocycles. The zero-order valence-corrected chi connectivity index (χ0v) is 10.2. The first-order valence-corrected chi connectivity index (χ1v) is 7.19. The molecule has 0 saturated carbocycles. The number of nitrogens with two attached hydrogens (primary N) is 1. The molecule has 0 radical (unpaired) electrons. The summed E-state index contributed by atoms with van der Waals surface area (Å²) in [5.74, 6) is 0.0239. The van der Waals surface area contributed by atoms with Crippen molar-refractivity contribution in [1.82, 2.24) is 10.3 Å². The topological polar surface area (TPSA) is 85.1 Å². The second-order valence-electron chi connectivity index (χ2n) is 3.26. The first-order valence-electron chi connectivity index (χ1n) is 4.59. The monoisotopic (exact) mass is 249 g/mol. The third kappa shape index (κ3) is 5.83. The molecule has 0 aliphatic rings. The molecule has 0 aliphatic carbocycles. The molecule has 1 aromatic rings. The Hall–Kier alpha value is -0.500. The third-order valence-corrected chi connectivity index (χ3v) is 3.44. The van der Waals surface area contributed by atoms with Crippen LogP contribution in [-0.4, -0.2) is 25.7 Å². The highest BCUT2D eigenvalue weighted by atomic mass is 32.2. The lowest BCUT2D eigenvalue weighted by molar-refractivity contribution is 0.590. The minimum atomic E-state index is -3.32. The number of primary sulfonamides is 1. The molecule has 0 aromatic carbocycles. The predicted octanol–water partition coefficient (Wildman–Crippen LogP) is 0.220. The number of nitrogens with zero attached hydrogens (tertiary/aromatic N) is 1. The van der Waals surface area contributed by atoms with Crippen LogP contribution in [0.15, 0.2) is 5.38 Å². The van der Waals surface area contributed by atoms with Crippen LogP contribution in [-0.2, 0) is 16.6 Å². The lowest BCUT2D eigenvalue weighted by Crippen LogP contribution is -2.22. The Morgan fingerprint density at radius 1 is 1.60 bits per heavy atom. The van der Waals surface area contributed by atoms with Gasteiger partial charge in [0.2, 0.25) is 10.0 Å². The number of nitrogens with one attached hydrogen (secondary N) is 1. The van der Waals surface area contributed by atoms with Crippen molar-refractivity contribution in [3.63, 3.8) is 0 Å². The Labute approximate surface area is 93.8 Å². The van der Waals surface area contributed by atoms with Crippen molar-refractivity contribution in [2.24, 2.45) is 5.14 Å². The maximum atomic E-state index is 10.6. The smallest absolute Gasteiger partial charge is 0.209 e. The molecule has 15 heavy (non-hydrogen) atoms. The highest BCUT2D eigenvalue weighted by Crippen LogP contribution is 2.06. The normalized spacial score (nSPS) is 11.9. The van der Waals surface area contributed by atoms with Gasteiger partial charge in [0.25, 0.3) is 0 Å². The van der Waals surface area contributed by atoms with Crippen molar-refractivity contribution in [2.45, 2.75) is 19.9 Å². The van der Waals surface area contributed by atoms with Crippen LogP contribution < -0.4 is 10.5 Å². The van der Waals surface area contributed by atoms with Crippen LogP contribution in [0.1, 0.15) is 17.1 Å². The molecule has 0 saturated heterocycles. The van der Waals surface area contributed by atoms with Crippen molar-refractivity contribution in [3.8, 4) is 0 Å². The third-order valence-electron chi connectivity index (χ3n) is 1.76. The second-order valence-corrected chi connectivity index (χ2v) is 6.05. The Balaban J connectivity index is 2.12. The van der Waals surface area contributed by atoms with E-state index in [0.29, 0.717) is 19.5 Å². The van der Waals surface area contributed by atoms with Gasteiger partial charge < -0.3 is 5.32 Å². The van der Waals surface area contributed by atoms with Gasteiger partial charge in [0.15, 0.2) is 0 Å². The Kier molecular flexibility index (Phi) is 4.65. The number of aromatic nitrogens is 1. The standard InChI is InChI=1S/C8H15N3O2S2/c1-7-11-8(6-14-7)5-10-3-2-4-15(9,12)13/h6,10H,2-5H2,1H3,(H2,9,12,13). The van der Waals surface area contributed by atoms with Gasteiger partial charge in [0, 0.05) is 11.9 Å². The van der Waals surface area contributed by atoms with E-state index in [2.05, 4.69) is 10.3 Å². The van der Waals surface area contributed by atoms with Crippen LogP contribution >= 0.6 is 11.3 Å². The van der Waals surface area contributed by atoms with Gasteiger partial charge in [-0.3, -0.25) is 0 Å².